The molecule has 0 aromatic heterocycles. The van der Waals surface area contributed by atoms with Crippen molar-refractivity contribution in [3.63, 3.8) is 0 Å². The first-order chi connectivity index (χ1) is 14.5. The Morgan fingerprint density at radius 2 is 1.77 bits per heavy atom. The van der Waals surface area contributed by atoms with Gasteiger partial charge < -0.3 is 26.4 Å². The van der Waals surface area contributed by atoms with Crippen molar-refractivity contribution in [1.82, 2.24) is 16.0 Å². The van der Waals surface area contributed by atoms with Gasteiger partial charge in [-0.2, -0.15) is 0 Å². The fourth-order valence-corrected chi connectivity index (χ4v) is 5.12. The number of carbonyl (C=O) groups is 2. The summed E-state index contributed by atoms with van der Waals surface area (Å²) < 4.78 is 0. The quantitative estimate of drug-likeness (QED) is 0.346. The smallest absolute Gasteiger partial charge is 0.404 e. The Kier molecular flexibility index (Phi) is 9.91. The van der Waals surface area contributed by atoms with Crippen LogP contribution in [-0.4, -0.2) is 49.8 Å². The molecule has 1 aromatic carbocycles. The minimum absolute atomic E-state index is 0. The Hall–Kier alpha value is -1.99. The predicted octanol–water partition coefficient (Wildman–Crippen LogP) is 4.03. The largest absolute Gasteiger partial charge is 0.465 e. The van der Waals surface area contributed by atoms with E-state index >= 15 is 0 Å². The zero-order chi connectivity index (χ0) is 21.4. The van der Waals surface area contributed by atoms with Crippen LogP contribution in [0.2, 0.25) is 5.02 Å². The number of fused-ring (bicyclic) bond motifs is 2. The molecule has 2 radical (unpaired) electrons. The molecule has 0 unspecified atom stereocenters. The lowest BCUT2D eigenvalue weighted by Crippen LogP contribution is -2.43. The van der Waals surface area contributed by atoms with Gasteiger partial charge in [0.2, 0.25) is 0 Å². The Balaban J connectivity index is 0.00000341. The number of carbonyl (C=O) groups excluding carboxylic acids is 1. The Morgan fingerprint density at radius 3 is 2.48 bits per heavy atom. The van der Waals surface area contributed by atoms with E-state index in [4.69, 9.17) is 16.7 Å². The fraction of sp³-hybridized carbons (Fsp3) is 0.609. The van der Waals surface area contributed by atoms with Gasteiger partial charge in [-0.05, 0) is 48.8 Å². The summed E-state index contributed by atoms with van der Waals surface area (Å²) in [7, 11) is 0. The first-order valence-corrected chi connectivity index (χ1v) is 11.3. The third-order valence-electron chi connectivity index (χ3n) is 6.40. The van der Waals surface area contributed by atoms with E-state index in [1.807, 2.05) is 6.07 Å². The van der Waals surface area contributed by atoms with E-state index in [1.165, 1.54) is 44.9 Å². The van der Waals surface area contributed by atoms with Crippen LogP contribution in [0.25, 0.3) is 0 Å². The molecule has 0 atom stereocenters. The monoisotopic (exact) mass is 450 g/mol. The highest BCUT2D eigenvalue weighted by Gasteiger charge is 2.39. The zero-order valence-corrected chi connectivity index (χ0v) is 18.9. The van der Waals surface area contributed by atoms with Crippen molar-refractivity contribution in [2.75, 3.05) is 38.0 Å². The van der Waals surface area contributed by atoms with Gasteiger partial charge in [0, 0.05) is 38.4 Å². The molecule has 0 aliphatic heterocycles. The highest BCUT2D eigenvalue weighted by atomic mass is 35.5. The summed E-state index contributed by atoms with van der Waals surface area (Å²) in [5.74, 6) is 0.734. The minimum atomic E-state index is -1.02. The minimum Gasteiger partial charge on any atom is -0.465 e. The Morgan fingerprint density at radius 1 is 1.06 bits per heavy atom. The number of anilines is 1. The molecule has 5 N–H and O–H groups in total. The molecule has 7 nitrogen and oxygen atoms in total. The topological polar surface area (TPSA) is 102 Å². The molecule has 8 heteroatoms. The molecule has 0 heterocycles. The van der Waals surface area contributed by atoms with Crippen LogP contribution in [0.5, 0.6) is 0 Å². The molecule has 0 spiro atoms. The zero-order valence-electron chi connectivity index (χ0n) is 18.1. The molecular formula is C23H35ClN4O3. The maximum absolute atomic E-state index is 12.8. The van der Waals surface area contributed by atoms with E-state index < -0.39 is 6.09 Å². The number of rotatable bonds is 10. The Labute approximate surface area is 190 Å². The summed E-state index contributed by atoms with van der Waals surface area (Å²) >= 11 is 6.30. The van der Waals surface area contributed by atoms with Crippen molar-refractivity contribution < 1.29 is 14.7 Å². The number of benzene rings is 1. The van der Waals surface area contributed by atoms with E-state index in [9.17, 15) is 9.59 Å². The fourth-order valence-electron chi connectivity index (χ4n) is 4.92. The van der Waals surface area contributed by atoms with Gasteiger partial charge in [0.1, 0.15) is 0 Å². The molecule has 31 heavy (non-hydrogen) atoms. The van der Waals surface area contributed by atoms with Gasteiger partial charge in [-0.25, -0.2) is 4.79 Å². The van der Waals surface area contributed by atoms with Crippen molar-refractivity contribution in [1.29, 1.82) is 0 Å². The standard InChI is InChI=1S/C22H33ClN4O3.CH2/c23-19-6-5-17(25-11-9-24-10-12-26-21(29)30)13-18(19)20(28)27-15-22-7-1-3-16(14-22)4-2-8-22;/h5-6,13,16,24-26H,1-4,7-12,14-15H2,(H,27,28)(H,29,30);1H2. The first-order valence-electron chi connectivity index (χ1n) is 11.0. The molecule has 1 aromatic rings. The molecule has 2 bridgehead atoms. The summed E-state index contributed by atoms with van der Waals surface area (Å²) in [6.07, 6.45) is 7.91. The van der Waals surface area contributed by atoms with Crippen LogP contribution in [0.15, 0.2) is 18.2 Å². The van der Waals surface area contributed by atoms with Crippen molar-refractivity contribution in [3.05, 3.63) is 36.2 Å². The molecule has 2 aliphatic rings. The van der Waals surface area contributed by atoms with E-state index in [0.717, 1.165) is 18.2 Å². The van der Waals surface area contributed by atoms with Gasteiger partial charge in [-0.1, -0.05) is 44.7 Å². The molecule has 2 saturated carbocycles. The molecule has 172 valence electrons. The van der Waals surface area contributed by atoms with Crippen molar-refractivity contribution >= 4 is 29.3 Å². The number of hydrogen-bond donors (Lipinski definition) is 5. The van der Waals surface area contributed by atoms with Gasteiger partial charge in [-0.3, -0.25) is 4.79 Å². The first kappa shape index (κ1) is 25.3. The summed E-state index contributed by atoms with van der Waals surface area (Å²) in [5.41, 5.74) is 1.61. The Bertz CT molecular complexity index is 734. The molecule has 0 saturated heterocycles. The van der Waals surface area contributed by atoms with Crippen LogP contribution in [0.1, 0.15) is 55.3 Å². The van der Waals surface area contributed by atoms with E-state index in [2.05, 4.69) is 21.3 Å². The van der Waals surface area contributed by atoms with Crippen LogP contribution in [0, 0.1) is 18.8 Å². The number of halogens is 1. The third kappa shape index (κ3) is 7.58. The van der Waals surface area contributed by atoms with Crippen molar-refractivity contribution in [3.8, 4) is 0 Å². The van der Waals surface area contributed by atoms with Gasteiger partial charge in [0.15, 0.2) is 0 Å². The highest BCUT2D eigenvalue weighted by Crippen LogP contribution is 2.48. The highest BCUT2D eigenvalue weighted by molar-refractivity contribution is 6.34. The molecular weight excluding hydrogens is 416 g/mol. The number of carboxylic acid groups (broad SMARTS) is 1. The summed E-state index contributed by atoms with van der Waals surface area (Å²) in [4.78, 5) is 23.2. The second-order valence-electron chi connectivity index (χ2n) is 8.64. The second-order valence-corrected chi connectivity index (χ2v) is 9.05. The lowest BCUT2D eigenvalue weighted by atomic mass is 9.62. The SMILES string of the molecule is O=C(O)NCCNCCNc1ccc(Cl)c(C(=O)NCC23CCCC(CCC2)C3)c1.[CH2]. The van der Waals surface area contributed by atoms with Crippen LogP contribution in [-0.2, 0) is 0 Å². The van der Waals surface area contributed by atoms with Crippen molar-refractivity contribution in [2.24, 2.45) is 11.3 Å². The second kappa shape index (κ2) is 12.2. The van der Waals surface area contributed by atoms with Crippen LogP contribution in [0.4, 0.5) is 10.5 Å². The molecule has 2 aliphatic carbocycles. The van der Waals surface area contributed by atoms with E-state index in [0.29, 0.717) is 36.8 Å². The van der Waals surface area contributed by atoms with Crippen LogP contribution >= 0.6 is 11.6 Å². The molecule has 2 fully saturated rings. The van der Waals surface area contributed by atoms with E-state index in [1.54, 1.807) is 12.1 Å². The predicted molar refractivity (Wildman–Crippen MR) is 125 cm³/mol. The lowest BCUT2D eigenvalue weighted by molar-refractivity contribution is 0.0682. The number of hydrogen-bond acceptors (Lipinski definition) is 4. The maximum Gasteiger partial charge on any atom is 0.404 e. The van der Waals surface area contributed by atoms with Gasteiger partial charge in [0.05, 0.1) is 10.6 Å². The number of amides is 2. The van der Waals surface area contributed by atoms with Gasteiger partial charge in [0.25, 0.3) is 5.91 Å². The lowest BCUT2D eigenvalue weighted by Gasteiger charge is -2.45. The van der Waals surface area contributed by atoms with E-state index in [-0.39, 0.29) is 18.7 Å². The van der Waals surface area contributed by atoms with Crippen molar-refractivity contribution in [2.45, 2.75) is 44.9 Å². The summed E-state index contributed by atoms with van der Waals surface area (Å²) in [6, 6.07) is 5.40. The average molecular weight is 451 g/mol. The average Bonchev–Trinajstić information content (AvgIpc) is 2.72. The summed E-state index contributed by atoms with van der Waals surface area (Å²) in [6.45, 7) is 2.99. The van der Waals surface area contributed by atoms with Gasteiger partial charge in [-0.15, -0.1) is 0 Å². The molecule has 2 amide bonds. The third-order valence-corrected chi connectivity index (χ3v) is 6.73. The molecule has 3 rings (SSSR count). The van der Waals surface area contributed by atoms with Gasteiger partial charge >= 0.3 is 6.09 Å². The maximum atomic E-state index is 12.8. The summed E-state index contributed by atoms with van der Waals surface area (Å²) in [5, 5.41) is 20.9. The number of nitrogens with one attached hydrogen (secondary N) is 4. The van der Waals surface area contributed by atoms with Crippen LogP contribution < -0.4 is 21.3 Å². The normalized spacial score (nSPS) is 22.2. The van der Waals surface area contributed by atoms with Crippen LogP contribution in [0.3, 0.4) is 0 Å².